The Labute approximate surface area is 186 Å². The van der Waals surface area contributed by atoms with Gasteiger partial charge >= 0.3 is 6.03 Å². The number of nitrogens with one attached hydrogen (secondary N) is 3. The molecule has 0 spiro atoms. The number of carbonyl (C=O) groups is 2. The van der Waals surface area contributed by atoms with Crippen LogP contribution in [0.4, 0.5) is 10.5 Å². The number of benzene rings is 1. The van der Waals surface area contributed by atoms with Crippen molar-refractivity contribution in [3.63, 3.8) is 0 Å². The van der Waals surface area contributed by atoms with Crippen LogP contribution in [0.2, 0.25) is 0 Å². The first kappa shape index (κ1) is 22.6. The van der Waals surface area contributed by atoms with Gasteiger partial charge in [-0.3, -0.25) is 4.79 Å². The Morgan fingerprint density at radius 2 is 1.88 bits per heavy atom. The van der Waals surface area contributed by atoms with E-state index in [4.69, 9.17) is 18.9 Å². The van der Waals surface area contributed by atoms with Gasteiger partial charge in [0.25, 0.3) is 0 Å². The summed E-state index contributed by atoms with van der Waals surface area (Å²) in [5.41, 5.74) is 0.585. The maximum Gasteiger partial charge on any atom is 0.319 e. The highest BCUT2D eigenvalue weighted by Gasteiger charge is 2.32. The summed E-state index contributed by atoms with van der Waals surface area (Å²) in [6, 6.07) is 4.50. The van der Waals surface area contributed by atoms with Crippen molar-refractivity contribution in [2.45, 2.75) is 50.4 Å². The van der Waals surface area contributed by atoms with E-state index in [9.17, 15) is 14.7 Å². The van der Waals surface area contributed by atoms with Crippen LogP contribution in [-0.4, -0.2) is 68.5 Å². The lowest BCUT2D eigenvalue weighted by Crippen LogP contribution is -2.52. The number of ether oxygens (including phenoxy) is 4. The zero-order chi connectivity index (χ0) is 22.3. The summed E-state index contributed by atoms with van der Waals surface area (Å²) >= 11 is 0. The summed E-state index contributed by atoms with van der Waals surface area (Å²) in [6.07, 6.45) is 3.04. The summed E-state index contributed by atoms with van der Waals surface area (Å²) < 4.78 is 21.9. The maximum atomic E-state index is 12.4. The van der Waals surface area contributed by atoms with Crippen molar-refractivity contribution < 1.29 is 33.6 Å². The largest absolute Gasteiger partial charge is 0.454 e. The SMILES string of the molecule is O=C(Nc1ccc2c(c1)OCO2)N[C@H]1CC[C@@H](CCNC(=O)C2CCOCC2)O[C@@H]1CO. The number of aliphatic hydroxyl groups excluding tert-OH is 1. The van der Waals surface area contributed by atoms with Crippen molar-refractivity contribution in [2.75, 3.05) is 38.5 Å². The Bertz CT molecular complexity index is 800. The lowest BCUT2D eigenvalue weighted by molar-refractivity contribution is -0.128. The van der Waals surface area contributed by atoms with Crippen molar-refractivity contribution in [1.29, 1.82) is 0 Å². The van der Waals surface area contributed by atoms with Gasteiger partial charge in [-0.05, 0) is 44.2 Å². The van der Waals surface area contributed by atoms with Crippen molar-refractivity contribution in [3.8, 4) is 11.5 Å². The normalized spacial score (nSPS) is 25.2. The number of rotatable bonds is 7. The van der Waals surface area contributed by atoms with Gasteiger partial charge in [-0.2, -0.15) is 0 Å². The summed E-state index contributed by atoms with van der Waals surface area (Å²) in [5.74, 6) is 1.33. The standard InChI is InChI=1S/C22H31N3O7/c26-12-20-17(25-22(28)24-15-1-4-18-19(11-15)31-13-30-18)3-2-16(32-20)5-8-23-21(27)14-6-9-29-10-7-14/h1,4,11,14,16-17,20,26H,2-3,5-10,12-13H2,(H,23,27)(H2,24,25,28)/t16-,17-,20+/m0/s1. The summed E-state index contributed by atoms with van der Waals surface area (Å²) in [4.78, 5) is 24.7. The van der Waals surface area contributed by atoms with E-state index in [1.807, 2.05) is 0 Å². The third-order valence-electron chi connectivity index (χ3n) is 6.10. The maximum absolute atomic E-state index is 12.4. The number of urea groups is 1. The van der Waals surface area contributed by atoms with Crippen LogP contribution in [0.5, 0.6) is 11.5 Å². The molecule has 4 rings (SSSR count). The molecule has 2 saturated heterocycles. The van der Waals surface area contributed by atoms with Crippen molar-refractivity contribution in [2.24, 2.45) is 5.92 Å². The molecule has 10 heteroatoms. The van der Waals surface area contributed by atoms with Crippen LogP contribution in [0.3, 0.4) is 0 Å². The number of aliphatic hydroxyl groups is 1. The van der Waals surface area contributed by atoms with Gasteiger partial charge in [0, 0.05) is 37.4 Å². The highest BCUT2D eigenvalue weighted by molar-refractivity contribution is 5.90. The second-order valence-corrected chi connectivity index (χ2v) is 8.30. The first-order valence-electron chi connectivity index (χ1n) is 11.2. The minimum Gasteiger partial charge on any atom is -0.454 e. The molecule has 10 nitrogen and oxygen atoms in total. The third kappa shape index (κ3) is 5.81. The molecule has 3 aliphatic rings. The molecule has 1 aromatic rings. The molecule has 0 bridgehead atoms. The first-order chi connectivity index (χ1) is 15.6. The predicted molar refractivity (Wildman–Crippen MR) is 115 cm³/mol. The average molecular weight is 450 g/mol. The lowest BCUT2D eigenvalue weighted by Gasteiger charge is -2.36. The molecule has 3 heterocycles. The number of amides is 3. The van der Waals surface area contributed by atoms with E-state index in [-0.39, 0.29) is 43.4 Å². The Morgan fingerprint density at radius 3 is 2.69 bits per heavy atom. The molecule has 3 amide bonds. The number of anilines is 1. The average Bonchev–Trinajstić information content (AvgIpc) is 3.28. The van der Waals surface area contributed by atoms with E-state index in [1.54, 1.807) is 18.2 Å². The van der Waals surface area contributed by atoms with Crippen LogP contribution in [0.25, 0.3) is 0 Å². The van der Waals surface area contributed by atoms with Crippen molar-refractivity contribution in [1.82, 2.24) is 10.6 Å². The van der Waals surface area contributed by atoms with Gasteiger partial charge in [0.05, 0.1) is 18.8 Å². The number of fused-ring (bicyclic) bond motifs is 1. The summed E-state index contributed by atoms with van der Waals surface area (Å²) in [5, 5.41) is 18.4. The van der Waals surface area contributed by atoms with E-state index in [0.717, 1.165) is 19.3 Å². The quantitative estimate of drug-likeness (QED) is 0.495. The fraction of sp³-hybridized carbons (Fsp3) is 0.636. The molecule has 32 heavy (non-hydrogen) atoms. The zero-order valence-electron chi connectivity index (χ0n) is 18.0. The van der Waals surface area contributed by atoms with Crippen LogP contribution in [0.1, 0.15) is 32.1 Å². The minimum absolute atomic E-state index is 0.0260. The third-order valence-corrected chi connectivity index (χ3v) is 6.10. The highest BCUT2D eigenvalue weighted by Crippen LogP contribution is 2.34. The molecule has 2 fully saturated rings. The summed E-state index contributed by atoms with van der Waals surface area (Å²) in [7, 11) is 0. The molecule has 176 valence electrons. The van der Waals surface area contributed by atoms with Gasteiger partial charge in [0.15, 0.2) is 11.5 Å². The van der Waals surface area contributed by atoms with Gasteiger partial charge in [-0.25, -0.2) is 4.79 Å². The molecule has 1 aromatic carbocycles. The van der Waals surface area contributed by atoms with Gasteiger partial charge in [0.1, 0.15) is 6.10 Å². The first-order valence-corrected chi connectivity index (χ1v) is 11.2. The molecular formula is C22H31N3O7. The fourth-order valence-electron chi connectivity index (χ4n) is 4.28. The Kier molecular flexibility index (Phi) is 7.67. The second-order valence-electron chi connectivity index (χ2n) is 8.30. The van der Waals surface area contributed by atoms with Crippen molar-refractivity contribution >= 4 is 17.6 Å². The molecule has 0 saturated carbocycles. The van der Waals surface area contributed by atoms with Gasteiger partial charge in [-0.1, -0.05) is 0 Å². The smallest absolute Gasteiger partial charge is 0.319 e. The number of hydrogen-bond donors (Lipinski definition) is 4. The molecule has 3 aliphatic heterocycles. The second kappa shape index (κ2) is 10.8. The van der Waals surface area contributed by atoms with Crippen LogP contribution < -0.4 is 25.4 Å². The van der Waals surface area contributed by atoms with E-state index in [1.165, 1.54) is 0 Å². The van der Waals surface area contributed by atoms with E-state index >= 15 is 0 Å². The fourth-order valence-corrected chi connectivity index (χ4v) is 4.28. The van der Waals surface area contributed by atoms with E-state index < -0.39 is 6.10 Å². The predicted octanol–water partition coefficient (Wildman–Crippen LogP) is 1.38. The van der Waals surface area contributed by atoms with Gasteiger partial charge < -0.3 is 40.0 Å². The molecule has 0 radical (unpaired) electrons. The Morgan fingerprint density at radius 1 is 1.06 bits per heavy atom. The van der Waals surface area contributed by atoms with E-state index in [2.05, 4.69) is 16.0 Å². The van der Waals surface area contributed by atoms with Gasteiger partial charge in [0.2, 0.25) is 12.7 Å². The molecule has 3 atom stereocenters. The highest BCUT2D eigenvalue weighted by atomic mass is 16.7. The zero-order valence-corrected chi connectivity index (χ0v) is 18.0. The van der Waals surface area contributed by atoms with Crippen LogP contribution in [-0.2, 0) is 14.3 Å². The number of hydrogen-bond acceptors (Lipinski definition) is 7. The Balaban J connectivity index is 1.19. The molecular weight excluding hydrogens is 418 g/mol. The lowest BCUT2D eigenvalue weighted by atomic mass is 9.96. The van der Waals surface area contributed by atoms with Crippen molar-refractivity contribution in [3.05, 3.63) is 18.2 Å². The molecule has 4 N–H and O–H groups in total. The van der Waals surface area contributed by atoms with Gasteiger partial charge in [-0.15, -0.1) is 0 Å². The minimum atomic E-state index is -0.498. The van der Waals surface area contributed by atoms with Crippen LogP contribution in [0, 0.1) is 5.92 Å². The molecule has 0 unspecified atom stereocenters. The molecule has 0 aliphatic carbocycles. The van der Waals surface area contributed by atoms with Crippen LogP contribution in [0.15, 0.2) is 18.2 Å². The van der Waals surface area contributed by atoms with Crippen LogP contribution >= 0.6 is 0 Å². The topological polar surface area (TPSA) is 127 Å². The number of carbonyl (C=O) groups excluding carboxylic acids is 2. The van der Waals surface area contributed by atoms with E-state index in [0.29, 0.717) is 49.8 Å². The monoisotopic (exact) mass is 449 g/mol. The summed E-state index contributed by atoms with van der Waals surface area (Å²) in [6.45, 7) is 1.78. The Hall–Kier alpha value is -2.56. The molecule has 0 aromatic heterocycles.